The maximum Gasteiger partial charge on any atom is 0.262 e. The highest BCUT2D eigenvalue weighted by Crippen LogP contribution is 2.50. The number of rotatable bonds is 8. The molecule has 216 valence electrons. The molecule has 0 radical (unpaired) electrons. The number of nitrogens with one attached hydrogen (secondary N) is 1. The zero-order valence-electron chi connectivity index (χ0n) is 24.2. The number of anilines is 1. The first-order valence-corrected chi connectivity index (χ1v) is 15.6. The lowest BCUT2D eigenvalue weighted by atomic mass is 9.71. The van der Waals surface area contributed by atoms with Gasteiger partial charge in [0.2, 0.25) is 0 Å². The number of benzene rings is 2. The molecule has 7 nitrogen and oxygen atoms in total. The highest BCUT2D eigenvalue weighted by molar-refractivity contribution is 14.1. The van der Waals surface area contributed by atoms with Gasteiger partial charge in [0.05, 0.1) is 10.2 Å². The van der Waals surface area contributed by atoms with Crippen LogP contribution in [0.2, 0.25) is 0 Å². The van der Waals surface area contributed by atoms with Gasteiger partial charge in [-0.2, -0.15) is 0 Å². The minimum Gasteiger partial charge on any atom is -0.490 e. The second kappa shape index (κ2) is 12.4. The van der Waals surface area contributed by atoms with Crippen LogP contribution in [-0.4, -0.2) is 42.1 Å². The lowest BCUT2D eigenvalue weighted by molar-refractivity contribution is -0.118. The first kappa shape index (κ1) is 29.4. The van der Waals surface area contributed by atoms with Gasteiger partial charge < -0.3 is 19.7 Å². The molecule has 1 amide bonds. The van der Waals surface area contributed by atoms with Crippen LogP contribution in [0, 0.1) is 17.4 Å². The summed E-state index contributed by atoms with van der Waals surface area (Å²) in [5.41, 5.74) is 7.48. The number of carbonyl (C=O) groups excluding carboxylic acids is 3. The number of ketones is 2. The molecule has 2 aromatic rings. The monoisotopic (exact) mass is 668 g/mol. The Morgan fingerprint density at radius 3 is 2.17 bits per heavy atom. The van der Waals surface area contributed by atoms with Crippen molar-refractivity contribution in [3.63, 3.8) is 0 Å². The number of halogens is 1. The molecule has 0 unspecified atom stereocenters. The molecule has 8 heteroatoms. The summed E-state index contributed by atoms with van der Waals surface area (Å²) >= 11 is 2.19. The Labute approximate surface area is 255 Å². The van der Waals surface area contributed by atoms with Crippen LogP contribution >= 0.6 is 22.6 Å². The van der Waals surface area contributed by atoms with E-state index in [-0.39, 0.29) is 24.1 Å². The minimum atomic E-state index is -0.418. The molecule has 41 heavy (non-hydrogen) atoms. The highest BCUT2D eigenvalue weighted by atomic mass is 127. The number of allylic oxidation sites excluding steroid dienone is 4. The molecule has 2 aromatic carbocycles. The Hall–Kier alpha value is -3.14. The second-order valence-corrected chi connectivity index (χ2v) is 12.0. The van der Waals surface area contributed by atoms with Gasteiger partial charge in [0, 0.05) is 53.5 Å². The summed E-state index contributed by atoms with van der Waals surface area (Å²) in [7, 11) is 0. The van der Waals surface area contributed by atoms with E-state index in [1.807, 2.05) is 51.1 Å². The molecule has 2 aliphatic carbocycles. The molecule has 5 rings (SSSR count). The molecule has 1 heterocycles. The van der Waals surface area contributed by atoms with Gasteiger partial charge in [0.25, 0.3) is 5.91 Å². The highest BCUT2D eigenvalue weighted by Gasteiger charge is 2.43. The second-order valence-electron chi connectivity index (χ2n) is 10.9. The van der Waals surface area contributed by atoms with Crippen LogP contribution in [0.15, 0.2) is 52.9 Å². The topological polar surface area (TPSA) is 84.9 Å². The Kier molecular flexibility index (Phi) is 8.87. The van der Waals surface area contributed by atoms with Crippen molar-refractivity contribution in [1.29, 1.82) is 0 Å². The summed E-state index contributed by atoms with van der Waals surface area (Å²) in [5, 5.41) is 2.90. The summed E-state index contributed by atoms with van der Waals surface area (Å²) in [6.45, 7) is 8.98. The van der Waals surface area contributed by atoms with Gasteiger partial charge in [0.1, 0.15) is 0 Å². The summed E-state index contributed by atoms with van der Waals surface area (Å²) < 4.78 is 12.8. The van der Waals surface area contributed by atoms with E-state index in [4.69, 9.17) is 9.47 Å². The molecule has 0 atom stereocenters. The van der Waals surface area contributed by atoms with Crippen LogP contribution in [0.5, 0.6) is 11.5 Å². The van der Waals surface area contributed by atoms with Crippen LogP contribution in [0.1, 0.15) is 75.0 Å². The molecule has 0 aromatic heterocycles. The van der Waals surface area contributed by atoms with Gasteiger partial charge >= 0.3 is 0 Å². The van der Waals surface area contributed by atoms with Gasteiger partial charge in [-0.25, -0.2) is 0 Å². The first-order valence-electron chi connectivity index (χ1n) is 14.5. The van der Waals surface area contributed by atoms with E-state index in [0.717, 1.165) is 80.7 Å². The quantitative estimate of drug-likeness (QED) is 0.313. The van der Waals surface area contributed by atoms with E-state index in [2.05, 4.69) is 39.7 Å². The fourth-order valence-corrected chi connectivity index (χ4v) is 7.02. The molecular weight excluding hydrogens is 631 g/mol. The third kappa shape index (κ3) is 5.80. The average molecular weight is 669 g/mol. The largest absolute Gasteiger partial charge is 0.490 e. The third-order valence-corrected chi connectivity index (χ3v) is 9.01. The van der Waals surface area contributed by atoms with Crippen LogP contribution in [0.4, 0.5) is 5.69 Å². The van der Waals surface area contributed by atoms with E-state index in [0.29, 0.717) is 30.9 Å². The fraction of sp³-hybridized carbons (Fsp3) is 0.424. The van der Waals surface area contributed by atoms with Gasteiger partial charge in [-0.15, -0.1) is 0 Å². The van der Waals surface area contributed by atoms with Crippen molar-refractivity contribution in [3.8, 4) is 11.5 Å². The molecule has 0 bridgehead atoms. The maximum atomic E-state index is 13.5. The van der Waals surface area contributed by atoms with Gasteiger partial charge in [-0.3, -0.25) is 14.4 Å². The smallest absolute Gasteiger partial charge is 0.262 e. The van der Waals surface area contributed by atoms with Crippen LogP contribution in [0.3, 0.4) is 0 Å². The number of aryl methyl sites for hydroxylation is 2. The lowest BCUT2D eigenvalue weighted by Crippen LogP contribution is -2.39. The molecule has 0 fully saturated rings. The molecule has 0 saturated heterocycles. The zero-order valence-corrected chi connectivity index (χ0v) is 26.4. The molecule has 3 aliphatic rings. The molecule has 0 spiro atoms. The van der Waals surface area contributed by atoms with Crippen molar-refractivity contribution >= 4 is 45.8 Å². The molecule has 0 saturated carbocycles. The summed E-state index contributed by atoms with van der Waals surface area (Å²) in [6, 6.07) is 9.66. The van der Waals surface area contributed by atoms with E-state index in [1.54, 1.807) is 0 Å². The number of amides is 1. The number of nitrogens with zero attached hydrogens (tertiary/aromatic N) is 1. The van der Waals surface area contributed by atoms with Crippen molar-refractivity contribution in [2.75, 3.05) is 25.1 Å². The van der Waals surface area contributed by atoms with E-state index in [9.17, 15) is 14.4 Å². The third-order valence-electron chi connectivity index (χ3n) is 8.21. The van der Waals surface area contributed by atoms with Crippen LogP contribution in [-0.2, 0) is 14.4 Å². The number of hydrogen-bond donors (Lipinski definition) is 1. The number of Topliss-reactive ketones (excluding diaryl/α,β-unsaturated/α-hetero) is 2. The predicted molar refractivity (Wildman–Crippen MR) is 167 cm³/mol. The van der Waals surface area contributed by atoms with Crippen molar-refractivity contribution < 1.29 is 23.9 Å². The van der Waals surface area contributed by atoms with Gasteiger partial charge in [-0.05, 0) is 117 Å². The first-order chi connectivity index (χ1) is 19.7. The zero-order chi connectivity index (χ0) is 29.3. The summed E-state index contributed by atoms with van der Waals surface area (Å²) in [4.78, 5) is 41.9. The van der Waals surface area contributed by atoms with Crippen molar-refractivity contribution in [2.24, 2.45) is 0 Å². The maximum absolute atomic E-state index is 13.5. The van der Waals surface area contributed by atoms with Crippen molar-refractivity contribution in [2.45, 2.75) is 72.1 Å². The van der Waals surface area contributed by atoms with Crippen LogP contribution in [0.25, 0.3) is 0 Å². The number of hydrogen-bond acceptors (Lipinski definition) is 6. The van der Waals surface area contributed by atoms with E-state index in [1.165, 1.54) is 0 Å². The fourth-order valence-electron chi connectivity index (χ4n) is 6.24. The number of carbonyl (C=O) groups is 3. The summed E-state index contributed by atoms with van der Waals surface area (Å²) in [6.07, 6.45) is 4.32. The average Bonchev–Trinajstić information content (AvgIpc) is 2.94. The SMILES string of the molecule is CCOc1cc(C2C3=C(CCCC3=O)N(CC)C3=C2C(=O)CCC3)cc(I)c1OCC(=O)Nc1ccc(C)c(C)c1. The van der Waals surface area contributed by atoms with Crippen LogP contribution < -0.4 is 14.8 Å². The molecular formula is C33H37IN2O5. The Bertz CT molecular complexity index is 1430. The summed E-state index contributed by atoms with van der Waals surface area (Å²) in [5.74, 6) is 0.533. The van der Waals surface area contributed by atoms with Gasteiger partial charge in [-0.1, -0.05) is 6.07 Å². The Morgan fingerprint density at radius 2 is 1.59 bits per heavy atom. The molecule has 1 N–H and O–H groups in total. The van der Waals surface area contributed by atoms with E-state index >= 15 is 0 Å². The Morgan fingerprint density at radius 1 is 0.927 bits per heavy atom. The van der Waals surface area contributed by atoms with Crippen molar-refractivity contribution in [3.05, 3.63) is 73.1 Å². The van der Waals surface area contributed by atoms with Crippen molar-refractivity contribution in [1.82, 2.24) is 4.90 Å². The minimum absolute atomic E-state index is 0.121. The number of ether oxygens (including phenoxy) is 2. The lowest BCUT2D eigenvalue weighted by Gasteiger charge is -2.43. The molecule has 1 aliphatic heterocycles. The predicted octanol–water partition coefficient (Wildman–Crippen LogP) is 6.76. The normalized spacial score (nSPS) is 17.4. The Balaban J connectivity index is 1.49. The van der Waals surface area contributed by atoms with Gasteiger partial charge in [0.15, 0.2) is 29.7 Å². The standard InChI is InChI=1S/C33H37IN2O5/c1-5-36-24-9-7-11-26(37)31(24)30(32-25(36)10-8-12-27(32)38)21-16-23(34)33(28(17-21)40-6-2)41-18-29(39)35-22-14-13-19(3)20(4)15-22/h13-17,30H,5-12,18H2,1-4H3,(H,35,39). The van der Waals surface area contributed by atoms with E-state index < -0.39 is 5.92 Å².